The summed E-state index contributed by atoms with van der Waals surface area (Å²) in [5.74, 6) is 1.52. The molecule has 0 saturated carbocycles. The summed E-state index contributed by atoms with van der Waals surface area (Å²) in [5.41, 5.74) is 3.00. The summed E-state index contributed by atoms with van der Waals surface area (Å²) in [7, 11) is 1.88. The molecular formula is C27H30N6O5. The molecule has 1 aromatic carbocycles. The van der Waals surface area contributed by atoms with Gasteiger partial charge < -0.3 is 30.2 Å². The molecule has 1 atom stereocenters. The van der Waals surface area contributed by atoms with Crippen molar-refractivity contribution in [2.75, 3.05) is 50.1 Å². The van der Waals surface area contributed by atoms with Crippen LogP contribution in [0, 0.1) is 0 Å². The predicted octanol–water partition coefficient (Wildman–Crippen LogP) is 2.58. The second kappa shape index (κ2) is 11.9. The van der Waals surface area contributed by atoms with Crippen LogP contribution in [0.25, 0.3) is 11.3 Å². The van der Waals surface area contributed by atoms with Crippen molar-refractivity contribution in [3.05, 3.63) is 60.2 Å². The minimum Gasteiger partial charge on any atom is -0.480 e. The topological polar surface area (TPSA) is 127 Å². The van der Waals surface area contributed by atoms with Crippen LogP contribution >= 0.6 is 0 Å². The van der Waals surface area contributed by atoms with Crippen LogP contribution in [0.3, 0.4) is 0 Å². The number of aromatic nitrogens is 2. The number of pyridine rings is 2. The quantitative estimate of drug-likeness (QED) is 0.328. The second-order valence-electron chi connectivity index (χ2n) is 8.95. The summed E-state index contributed by atoms with van der Waals surface area (Å²) < 4.78 is 16.6. The molecule has 1 saturated heterocycles. The SMILES string of the molecule is CNCCOc1cccc(-c2cccc(CNCC[C@H]3CN(c4ccc5c(n4)NC(=O)CO5)C(=O)O3)c2)n1. The highest BCUT2D eigenvalue weighted by Crippen LogP contribution is 2.30. The molecule has 0 unspecified atom stereocenters. The van der Waals surface area contributed by atoms with Crippen LogP contribution in [0.15, 0.2) is 54.6 Å². The van der Waals surface area contributed by atoms with E-state index in [0.717, 1.165) is 23.4 Å². The molecule has 2 aliphatic heterocycles. The Bertz CT molecular complexity index is 1300. The van der Waals surface area contributed by atoms with E-state index in [4.69, 9.17) is 14.2 Å². The van der Waals surface area contributed by atoms with Crippen LogP contribution in [0.4, 0.5) is 16.4 Å². The molecule has 0 radical (unpaired) electrons. The molecule has 3 aromatic rings. The van der Waals surface area contributed by atoms with E-state index in [1.54, 1.807) is 12.1 Å². The third-order valence-electron chi connectivity index (χ3n) is 6.13. The number of anilines is 2. The minimum atomic E-state index is -0.456. The molecule has 2 amide bonds. The van der Waals surface area contributed by atoms with Gasteiger partial charge in [0.05, 0.1) is 12.2 Å². The molecule has 0 aliphatic carbocycles. The molecule has 11 heteroatoms. The summed E-state index contributed by atoms with van der Waals surface area (Å²) in [6.45, 7) is 2.99. The van der Waals surface area contributed by atoms with Crippen LogP contribution in [-0.4, -0.2) is 68.0 Å². The number of fused-ring (bicyclic) bond motifs is 1. The van der Waals surface area contributed by atoms with E-state index < -0.39 is 6.09 Å². The van der Waals surface area contributed by atoms with Gasteiger partial charge in [0.2, 0.25) is 5.88 Å². The first-order valence-corrected chi connectivity index (χ1v) is 12.6. The molecule has 3 N–H and O–H groups in total. The summed E-state index contributed by atoms with van der Waals surface area (Å²) in [6, 6.07) is 17.4. The average Bonchev–Trinajstić information content (AvgIpc) is 3.31. The fourth-order valence-electron chi connectivity index (χ4n) is 4.21. The lowest BCUT2D eigenvalue weighted by atomic mass is 10.1. The Labute approximate surface area is 220 Å². The summed E-state index contributed by atoms with van der Waals surface area (Å²) in [5, 5.41) is 9.14. The van der Waals surface area contributed by atoms with Crippen LogP contribution in [0.2, 0.25) is 0 Å². The second-order valence-corrected chi connectivity index (χ2v) is 8.95. The molecule has 0 bridgehead atoms. The van der Waals surface area contributed by atoms with Gasteiger partial charge in [0.15, 0.2) is 18.2 Å². The molecule has 4 heterocycles. The van der Waals surface area contributed by atoms with Crippen molar-refractivity contribution in [3.8, 4) is 22.9 Å². The summed E-state index contributed by atoms with van der Waals surface area (Å²) in [4.78, 5) is 34.5. The highest BCUT2D eigenvalue weighted by Gasteiger charge is 2.33. The zero-order valence-corrected chi connectivity index (χ0v) is 21.1. The molecule has 38 heavy (non-hydrogen) atoms. The zero-order chi connectivity index (χ0) is 26.3. The largest absolute Gasteiger partial charge is 0.480 e. The van der Waals surface area contributed by atoms with E-state index in [1.807, 2.05) is 37.4 Å². The average molecular weight is 519 g/mol. The van der Waals surface area contributed by atoms with E-state index in [1.165, 1.54) is 4.90 Å². The highest BCUT2D eigenvalue weighted by molar-refractivity contribution is 5.95. The van der Waals surface area contributed by atoms with Crippen LogP contribution in [0.1, 0.15) is 12.0 Å². The van der Waals surface area contributed by atoms with Crippen molar-refractivity contribution in [1.29, 1.82) is 0 Å². The number of ether oxygens (including phenoxy) is 3. The van der Waals surface area contributed by atoms with Gasteiger partial charge in [-0.1, -0.05) is 24.3 Å². The first-order chi connectivity index (χ1) is 18.6. The maximum Gasteiger partial charge on any atom is 0.415 e. The fraction of sp³-hybridized carbons (Fsp3) is 0.333. The lowest BCUT2D eigenvalue weighted by Crippen LogP contribution is -2.29. The zero-order valence-electron chi connectivity index (χ0n) is 21.1. The Morgan fingerprint density at radius 1 is 1.11 bits per heavy atom. The van der Waals surface area contributed by atoms with Crippen LogP contribution in [-0.2, 0) is 16.1 Å². The smallest absolute Gasteiger partial charge is 0.415 e. The van der Waals surface area contributed by atoms with Gasteiger partial charge in [-0.2, -0.15) is 0 Å². The molecule has 5 rings (SSSR count). The van der Waals surface area contributed by atoms with Gasteiger partial charge in [-0.25, -0.2) is 14.8 Å². The Morgan fingerprint density at radius 3 is 2.89 bits per heavy atom. The number of likely N-dealkylation sites (N-methyl/N-ethyl adjacent to an activating group) is 1. The van der Waals surface area contributed by atoms with Crippen molar-refractivity contribution < 1.29 is 23.8 Å². The fourth-order valence-corrected chi connectivity index (χ4v) is 4.21. The summed E-state index contributed by atoms with van der Waals surface area (Å²) >= 11 is 0. The van der Waals surface area contributed by atoms with Crippen LogP contribution < -0.4 is 30.3 Å². The van der Waals surface area contributed by atoms with Crippen molar-refractivity contribution >= 4 is 23.6 Å². The van der Waals surface area contributed by atoms with E-state index in [2.05, 4.69) is 38.1 Å². The van der Waals surface area contributed by atoms with Crippen molar-refractivity contribution in [2.45, 2.75) is 19.1 Å². The van der Waals surface area contributed by atoms with Gasteiger partial charge in [-0.15, -0.1) is 0 Å². The van der Waals surface area contributed by atoms with Gasteiger partial charge in [-0.05, 0) is 49.8 Å². The van der Waals surface area contributed by atoms with Crippen molar-refractivity contribution in [1.82, 2.24) is 20.6 Å². The molecule has 11 nitrogen and oxygen atoms in total. The third-order valence-corrected chi connectivity index (χ3v) is 6.13. The minimum absolute atomic E-state index is 0.0462. The third kappa shape index (κ3) is 6.18. The lowest BCUT2D eigenvalue weighted by Gasteiger charge is -2.19. The van der Waals surface area contributed by atoms with Crippen molar-refractivity contribution in [2.24, 2.45) is 0 Å². The lowest BCUT2D eigenvalue weighted by molar-refractivity contribution is -0.118. The maximum absolute atomic E-state index is 12.4. The first kappa shape index (κ1) is 25.4. The van der Waals surface area contributed by atoms with E-state index >= 15 is 0 Å². The molecule has 2 aromatic heterocycles. The monoisotopic (exact) mass is 518 g/mol. The molecule has 0 spiro atoms. The number of carbonyl (C=O) groups is 2. The van der Waals surface area contributed by atoms with E-state index in [-0.39, 0.29) is 18.6 Å². The number of nitrogens with one attached hydrogen (secondary N) is 3. The molecule has 2 aliphatic rings. The number of hydrogen-bond donors (Lipinski definition) is 3. The number of nitrogens with zero attached hydrogens (tertiary/aromatic N) is 3. The number of carbonyl (C=O) groups excluding carboxylic acids is 2. The van der Waals surface area contributed by atoms with Gasteiger partial charge in [-0.3, -0.25) is 9.69 Å². The number of benzene rings is 1. The van der Waals surface area contributed by atoms with Crippen molar-refractivity contribution in [3.63, 3.8) is 0 Å². The van der Waals surface area contributed by atoms with E-state index in [9.17, 15) is 9.59 Å². The number of rotatable bonds is 11. The summed E-state index contributed by atoms with van der Waals surface area (Å²) in [6.07, 6.45) is -0.0666. The van der Waals surface area contributed by atoms with Crippen LogP contribution in [0.5, 0.6) is 11.6 Å². The van der Waals surface area contributed by atoms with Gasteiger partial charge in [0, 0.05) is 24.7 Å². The molecular weight excluding hydrogens is 488 g/mol. The first-order valence-electron chi connectivity index (χ1n) is 12.6. The Morgan fingerprint density at radius 2 is 2.00 bits per heavy atom. The Hall–Kier alpha value is -4.22. The molecule has 1 fully saturated rings. The standard InChI is InChI=1S/C27H30N6O5/c1-28-12-13-36-25-7-3-6-21(30-25)19-5-2-4-18(14-19)15-29-11-10-20-16-33(27(35)38-20)23-9-8-22-26(31-23)32-24(34)17-37-22/h2-9,14,20,28-29H,10-13,15-17H2,1H3,(H,31,32,34)/t20-/m0/s1. The highest BCUT2D eigenvalue weighted by atomic mass is 16.6. The Kier molecular flexibility index (Phi) is 7.95. The number of cyclic esters (lactones) is 1. The van der Waals surface area contributed by atoms with Gasteiger partial charge >= 0.3 is 6.09 Å². The van der Waals surface area contributed by atoms with E-state index in [0.29, 0.717) is 55.9 Å². The Balaban J connectivity index is 1.11. The number of amides is 2. The van der Waals surface area contributed by atoms with Gasteiger partial charge in [0.1, 0.15) is 18.5 Å². The predicted molar refractivity (Wildman–Crippen MR) is 141 cm³/mol. The molecule has 198 valence electrons. The van der Waals surface area contributed by atoms with Gasteiger partial charge in [0.25, 0.3) is 5.91 Å². The normalized spacial score (nSPS) is 16.4. The maximum atomic E-state index is 12.4. The number of hydrogen-bond acceptors (Lipinski definition) is 9.